The van der Waals surface area contributed by atoms with Crippen molar-refractivity contribution in [1.29, 1.82) is 0 Å². The van der Waals surface area contributed by atoms with Crippen LogP contribution in [0, 0.1) is 40.4 Å². The van der Waals surface area contributed by atoms with Gasteiger partial charge in [0.05, 0.1) is 0 Å². The third-order valence-electron chi connectivity index (χ3n) is 10.4. The first-order valence-electron chi connectivity index (χ1n) is 12.7. The summed E-state index contributed by atoms with van der Waals surface area (Å²) in [5.74, 6) is 6.19. The third kappa shape index (κ3) is 4.15. The van der Waals surface area contributed by atoms with Gasteiger partial charge in [0, 0.05) is 18.7 Å². The quantitative estimate of drug-likeness (QED) is 0.466. The van der Waals surface area contributed by atoms with E-state index in [4.69, 9.17) is 0 Å². The monoisotopic (exact) mass is 419 g/mol. The fraction of sp³-hybridized carbons (Fsp3) is 0.962. The largest absolute Gasteiger partial charge is 0.355 e. The van der Waals surface area contributed by atoms with Crippen molar-refractivity contribution >= 4 is 17.7 Å². The molecule has 0 aromatic rings. The molecule has 0 aliphatic heterocycles. The molecule has 4 fully saturated rings. The Morgan fingerprint density at radius 2 is 1.79 bits per heavy atom. The van der Waals surface area contributed by atoms with E-state index in [1.54, 1.807) is 11.8 Å². The van der Waals surface area contributed by atoms with E-state index < -0.39 is 0 Å². The van der Waals surface area contributed by atoms with Crippen LogP contribution in [0.1, 0.15) is 97.3 Å². The molecule has 0 bridgehead atoms. The highest BCUT2D eigenvalue weighted by molar-refractivity contribution is 7.98. The minimum atomic E-state index is 0.269. The average molecular weight is 420 g/mol. The van der Waals surface area contributed by atoms with Crippen LogP contribution in [-0.2, 0) is 4.79 Å². The molecule has 0 radical (unpaired) electrons. The predicted octanol–water partition coefficient (Wildman–Crippen LogP) is 6.68. The van der Waals surface area contributed by atoms with Gasteiger partial charge in [0.1, 0.15) is 0 Å². The first-order chi connectivity index (χ1) is 14.0. The zero-order valence-electron chi connectivity index (χ0n) is 19.3. The molecular weight excluding hydrogens is 374 g/mol. The van der Waals surface area contributed by atoms with Crippen molar-refractivity contribution in [1.82, 2.24) is 5.32 Å². The van der Waals surface area contributed by atoms with E-state index in [1.807, 2.05) is 0 Å². The Bertz CT molecular complexity index is 579. The highest BCUT2D eigenvalue weighted by Crippen LogP contribution is 2.67. The number of nitrogens with one attached hydrogen (secondary N) is 1. The molecule has 4 aliphatic rings. The number of amides is 1. The van der Waals surface area contributed by atoms with Crippen molar-refractivity contribution in [2.24, 2.45) is 40.4 Å². The second-order valence-electron chi connectivity index (χ2n) is 11.5. The molecule has 7 atom stereocenters. The van der Waals surface area contributed by atoms with Crippen LogP contribution in [0.2, 0.25) is 0 Å². The predicted molar refractivity (Wildman–Crippen MR) is 125 cm³/mol. The molecule has 4 aliphatic carbocycles. The van der Waals surface area contributed by atoms with Gasteiger partial charge in [-0.25, -0.2) is 0 Å². The molecule has 0 spiro atoms. The summed E-state index contributed by atoms with van der Waals surface area (Å²) in [6.45, 7) is 6.17. The summed E-state index contributed by atoms with van der Waals surface area (Å²) in [5, 5.41) is 3.08. The molecule has 0 aromatic heterocycles. The lowest BCUT2D eigenvalue weighted by Crippen LogP contribution is -2.52. The van der Waals surface area contributed by atoms with Crippen molar-refractivity contribution < 1.29 is 4.79 Å². The van der Waals surface area contributed by atoms with Gasteiger partial charge >= 0.3 is 0 Å². The standard InChI is InChI=1S/C26H45NOS/c1-25-15-5-4-7-19(25)10-12-21-22-13-11-20(26(22,2)16-14-23(21)25)8-6-9-24(28)27-17-18-29-3/h19-23H,4-18H2,1-3H3,(H,27,28)/t19?,20-,21?,22?,23?,25?,26?/m0/s1. The molecule has 0 aromatic carbocycles. The molecule has 4 saturated carbocycles. The molecule has 0 saturated heterocycles. The van der Waals surface area contributed by atoms with Crippen LogP contribution in [-0.4, -0.2) is 24.5 Å². The molecule has 1 N–H and O–H groups in total. The number of hydrogen-bond acceptors (Lipinski definition) is 2. The fourth-order valence-electron chi connectivity index (χ4n) is 8.77. The van der Waals surface area contributed by atoms with Crippen LogP contribution >= 0.6 is 11.8 Å². The smallest absolute Gasteiger partial charge is 0.220 e. The minimum Gasteiger partial charge on any atom is -0.355 e. The molecule has 0 heterocycles. The van der Waals surface area contributed by atoms with Gasteiger partial charge in [0.2, 0.25) is 5.91 Å². The molecular formula is C26H45NOS. The fourth-order valence-corrected chi connectivity index (χ4v) is 9.07. The first-order valence-corrected chi connectivity index (χ1v) is 14.1. The van der Waals surface area contributed by atoms with Crippen molar-refractivity contribution in [3.05, 3.63) is 0 Å². The molecule has 166 valence electrons. The third-order valence-corrected chi connectivity index (χ3v) is 11.0. The Balaban J connectivity index is 1.34. The lowest BCUT2D eigenvalue weighted by atomic mass is 9.45. The number of hydrogen-bond donors (Lipinski definition) is 1. The highest BCUT2D eigenvalue weighted by Gasteiger charge is 2.59. The van der Waals surface area contributed by atoms with Crippen LogP contribution in [0.15, 0.2) is 0 Å². The summed E-state index contributed by atoms with van der Waals surface area (Å²) in [5.41, 5.74) is 1.23. The van der Waals surface area contributed by atoms with Gasteiger partial charge in [0.25, 0.3) is 0 Å². The SMILES string of the molecule is CSCCNC(=O)CCC[C@H]1CCC2C3CCC4CCCCC4(C)C3CCC21C. The summed E-state index contributed by atoms with van der Waals surface area (Å²) in [4.78, 5) is 12.1. The Hall–Kier alpha value is -0.180. The van der Waals surface area contributed by atoms with E-state index in [1.165, 1.54) is 70.6 Å². The number of carbonyl (C=O) groups is 1. The second kappa shape index (κ2) is 9.13. The van der Waals surface area contributed by atoms with Crippen LogP contribution < -0.4 is 5.32 Å². The van der Waals surface area contributed by atoms with E-state index in [0.717, 1.165) is 54.7 Å². The molecule has 4 rings (SSSR count). The van der Waals surface area contributed by atoms with E-state index in [2.05, 4.69) is 25.4 Å². The lowest BCUT2D eigenvalue weighted by Gasteiger charge is -2.60. The maximum absolute atomic E-state index is 12.1. The van der Waals surface area contributed by atoms with Crippen LogP contribution in [0.5, 0.6) is 0 Å². The summed E-state index contributed by atoms with van der Waals surface area (Å²) in [6, 6.07) is 0. The summed E-state index contributed by atoms with van der Waals surface area (Å²) in [7, 11) is 0. The molecule has 3 heteroatoms. The van der Waals surface area contributed by atoms with Crippen molar-refractivity contribution in [2.45, 2.75) is 97.3 Å². The zero-order chi connectivity index (χ0) is 20.5. The number of thioether (sulfide) groups is 1. The van der Waals surface area contributed by atoms with Gasteiger partial charge in [-0.2, -0.15) is 11.8 Å². The molecule has 2 nitrogen and oxygen atoms in total. The lowest BCUT2D eigenvalue weighted by molar-refractivity contribution is -0.121. The Kier molecular flexibility index (Phi) is 6.93. The maximum Gasteiger partial charge on any atom is 0.220 e. The summed E-state index contributed by atoms with van der Waals surface area (Å²) >= 11 is 1.80. The van der Waals surface area contributed by atoms with Crippen molar-refractivity contribution in [3.63, 3.8) is 0 Å². The molecule has 29 heavy (non-hydrogen) atoms. The van der Waals surface area contributed by atoms with Gasteiger partial charge in [0.15, 0.2) is 0 Å². The van der Waals surface area contributed by atoms with Gasteiger partial charge in [-0.1, -0.05) is 26.7 Å². The first kappa shape index (κ1) is 22.0. The van der Waals surface area contributed by atoms with Gasteiger partial charge in [-0.3, -0.25) is 4.79 Å². The number of carbonyl (C=O) groups excluding carboxylic acids is 1. The van der Waals surface area contributed by atoms with Crippen LogP contribution in [0.25, 0.3) is 0 Å². The van der Waals surface area contributed by atoms with Crippen molar-refractivity contribution in [2.75, 3.05) is 18.6 Å². The number of rotatable bonds is 7. The van der Waals surface area contributed by atoms with E-state index in [0.29, 0.717) is 10.8 Å². The Morgan fingerprint density at radius 3 is 2.62 bits per heavy atom. The Morgan fingerprint density at radius 1 is 0.966 bits per heavy atom. The highest BCUT2D eigenvalue weighted by atomic mass is 32.2. The number of fused-ring (bicyclic) bond motifs is 5. The minimum absolute atomic E-state index is 0.269. The van der Waals surface area contributed by atoms with E-state index in [-0.39, 0.29) is 5.91 Å². The maximum atomic E-state index is 12.1. The van der Waals surface area contributed by atoms with Gasteiger partial charge < -0.3 is 5.32 Å². The average Bonchev–Trinajstić information content (AvgIpc) is 3.04. The van der Waals surface area contributed by atoms with Crippen LogP contribution in [0.3, 0.4) is 0 Å². The zero-order valence-corrected chi connectivity index (χ0v) is 20.1. The Labute approximate surface area is 184 Å². The summed E-state index contributed by atoms with van der Waals surface area (Å²) < 4.78 is 0. The molecule has 1 amide bonds. The van der Waals surface area contributed by atoms with Gasteiger partial charge in [-0.15, -0.1) is 0 Å². The van der Waals surface area contributed by atoms with Crippen LogP contribution in [0.4, 0.5) is 0 Å². The van der Waals surface area contributed by atoms with Gasteiger partial charge in [-0.05, 0) is 111 Å². The van der Waals surface area contributed by atoms with E-state index >= 15 is 0 Å². The second-order valence-corrected chi connectivity index (χ2v) is 12.4. The summed E-state index contributed by atoms with van der Waals surface area (Å²) in [6.07, 6.45) is 20.1. The van der Waals surface area contributed by atoms with Crippen molar-refractivity contribution in [3.8, 4) is 0 Å². The topological polar surface area (TPSA) is 29.1 Å². The van der Waals surface area contributed by atoms with E-state index in [9.17, 15) is 4.79 Å². The normalized spacial score (nSPS) is 43.9. The molecule has 6 unspecified atom stereocenters.